The molecule has 0 saturated carbocycles. The van der Waals surface area contributed by atoms with Gasteiger partial charge in [0.25, 0.3) is 5.56 Å². The van der Waals surface area contributed by atoms with Gasteiger partial charge in [-0.15, -0.1) is 11.3 Å². The molecule has 3 aromatic rings. The van der Waals surface area contributed by atoms with Crippen molar-refractivity contribution < 1.29 is 4.79 Å². The van der Waals surface area contributed by atoms with Crippen LogP contribution in [0, 0.1) is 0 Å². The fraction of sp³-hybridized carbons (Fsp3) is 0.278. The van der Waals surface area contributed by atoms with E-state index in [4.69, 9.17) is 0 Å². The van der Waals surface area contributed by atoms with Crippen LogP contribution in [-0.2, 0) is 11.3 Å². The van der Waals surface area contributed by atoms with E-state index < -0.39 is 0 Å². The summed E-state index contributed by atoms with van der Waals surface area (Å²) >= 11 is 2.71. The number of hydrogen-bond acceptors (Lipinski definition) is 5. The number of thioether (sulfide) groups is 1. The minimum Gasteiger partial charge on any atom is -0.355 e. The lowest BCUT2D eigenvalue weighted by atomic mass is 10.2. The standard InChI is InChI=1S/C18H19N3O2S2/c1-3-19-16(22)12(2)25-18-20-14-9-10-24-15(14)17(23)21(18)11-13-7-5-4-6-8-13/h4-10,12H,3,11H2,1-2H3,(H,19,22)/t12-/m0/s1. The number of amides is 1. The van der Waals surface area contributed by atoms with Crippen LogP contribution < -0.4 is 10.9 Å². The Morgan fingerprint density at radius 2 is 2.08 bits per heavy atom. The van der Waals surface area contributed by atoms with E-state index in [2.05, 4.69) is 10.3 Å². The van der Waals surface area contributed by atoms with Crippen molar-refractivity contribution in [3.05, 3.63) is 57.7 Å². The van der Waals surface area contributed by atoms with Crippen LogP contribution in [0.25, 0.3) is 10.2 Å². The summed E-state index contributed by atoms with van der Waals surface area (Å²) in [5.74, 6) is -0.0570. The average Bonchev–Trinajstić information content (AvgIpc) is 3.08. The van der Waals surface area contributed by atoms with Crippen molar-refractivity contribution >= 4 is 39.2 Å². The molecule has 3 rings (SSSR count). The van der Waals surface area contributed by atoms with Crippen LogP contribution in [0.4, 0.5) is 0 Å². The first-order chi connectivity index (χ1) is 12.1. The lowest BCUT2D eigenvalue weighted by molar-refractivity contribution is -0.120. The van der Waals surface area contributed by atoms with Gasteiger partial charge in [-0.3, -0.25) is 14.2 Å². The highest BCUT2D eigenvalue weighted by Crippen LogP contribution is 2.25. The summed E-state index contributed by atoms with van der Waals surface area (Å²) in [5.41, 5.74) is 1.65. The molecule has 2 aromatic heterocycles. The first kappa shape index (κ1) is 17.7. The van der Waals surface area contributed by atoms with Gasteiger partial charge in [-0.2, -0.15) is 0 Å². The Morgan fingerprint density at radius 3 is 2.80 bits per heavy atom. The third-order valence-electron chi connectivity index (χ3n) is 3.72. The largest absolute Gasteiger partial charge is 0.355 e. The molecule has 0 aliphatic heterocycles. The summed E-state index contributed by atoms with van der Waals surface area (Å²) in [6, 6.07) is 11.6. The fourth-order valence-corrected chi connectivity index (χ4v) is 4.16. The summed E-state index contributed by atoms with van der Waals surface area (Å²) in [5, 5.41) is 4.92. The average molecular weight is 374 g/mol. The second kappa shape index (κ2) is 7.84. The van der Waals surface area contributed by atoms with Crippen molar-refractivity contribution in [2.45, 2.75) is 30.8 Å². The number of rotatable bonds is 6. The highest BCUT2D eigenvalue weighted by atomic mass is 32.2. The number of nitrogens with one attached hydrogen (secondary N) is 1. The molecule has 0 aliphatic rings. The number of carbonyl (C=O) groups is 1. The molecule has 0 spiro atoms. The van der Waals surface area contributed by atoms with E-state index in [1.54, 1.807) is 4.57 Å². The van der Waals surface area contributed by atoms with E-state index >= 15 is 0 Å². The predicted octanol–water partition coefficient (Wildman–Crippen LogP) is 3.12. The molecular weight excluding hydrogens is 354 g/mol. The highest BCUT2D eigenvalue weighted by Gasteiger charge is 2.19. The second-order valence-electron chi connectivity index (χ2n) is 5.56. The molecular formula is C18H19N3O2S2. The molecule has 0 bridgehead atoms. The molecule has 5 nitrogen and oxygen atoms in total. The van der Waals surface area contributed by atoms with E-state index in [9.17, 15) is 9.59 Å². The first-order valence-corrected chi connectivity index (χ1v) is 9.82. The van der Waals surface area contributed by atoms with Crippen LogP contribution in [0.1, 0.15) is 19.4 Å². The molecule has 130 valence electrons. The highest BCUT2D eigenvalue weighted by molar-refractivity contribution is 8.00. The Bertz CT molecular complexity index is 934. The molecule has 1 aromatic carbocycles. The van der Waals surface area contributed by atoms with Crippen molar-refractivity contribution in [1.29, 1.82) is 0 Å². The number of benzene rings is 1. The van der Waals surface area contributed by atoms with E-state index in [1.165, 1.54) is 23.1 Å². The zero-order chi connectivity index (χ0) is 17.8. The van der Waals surface area contributed by atoms with Gasteiger partial charge in [-0.1, -0.05) is 42.1 Å². The maximum absolute atomic E-state index is 12.9. The third kappa shape index (κ3) is 3.93. The molecule has 1 amide bonds. The van der Waals surface area contributed by atoms with Crippen molar-refractivity contribution in [2.75, 3.05) is 6.54 Å². The van der Waals surface area contributed by atoms with Gasteiger partial charge < -0.3 is 5.32 Å². The number of thiophene rings is 1. The van der Waals surface area contributed by atoms with Gasteiger partial charge in [0.1, 0.15) is 4.70 Å². The molecule has 0 saturated heterocycles. The molecule has 1 N–H and O–H groups in total. The monoisotopic (exact) mass is 373 g/mol. The van der Waals surface area contributed by atoms with E-state index in [0.717, 1.165) is 5.56 Å². The minimum atomic E-state index is -0.329. The van der Waals surface area contributed by atoms with Crippen LogP contribution in [0.2, 0.25) is 0 Å². The van der Waals surface area contributed by atoms with Crippen LogP contribution >= 0.6 is 23.1 Å². The smallest absolute Gasteiger partial charge is 0.272 e. The topological polar surface area (TPSA) is 64.0 Å². The van der Waals surface area contributed by atoms with Crippen LogP contribution in [0.5, 0.6) is 0 Å². The summed E-state index contributed by atoms with van der Waals surface area (Å²) in [4.78, 5) is 29.6. The summed E-state index contributed by atoms with van der Waals surface area (Å²) in [7, 11) is 0. The molecule has 25 heavy (non-hydrogen) atoms. The molecule has 7 heteroatoms. The van der Waals surface area contributed by atoms with Crippen LogP contribution in [0.3, 0.4) is 0 Å². The maximum atomic E-state index is 12.9. The summed E-state index contributed by atoms with van der Waals surface area (Å²) < 4.78 is 2.31. The van der Waals surface area contributed by atoms with Crippen molar-refractivity contribution in [3.63, 3.8) is 0 Å². The van der Waals surface area contributed by atoms with Gasteiger partial charge in [0.2, 0.25) is 5.91 Å². The summed E-state index contributed by atoms with van der Waals surface area (Å²) in [6.07, 6.45) is 0. The number of carbonyl (C=O) groups excluding carboxylic acids is 1. The summed E-state index contributed by atoms with van der Waals surface area (Å²) in [6.45, 7) is 4.73. The van der Waals surface area contributed by atoms with Crippen LogP contribution in [0.15, 0.2) is 51.7 Å². The zero-order valence-electron chi connectivity index (χ0n) is 14.1. The lowest BCUT2D eigenvalue weighted by Gasteiger charge is -2.15. The van der Waals surface area contributed by atoms with E-state index in [-0.39, 0.29) is 16.7 Å². The SMILES string of the molecule is CCNC(=O)[C@H](C)Sc1nc2ccsc2c(=O)n1Cc1ccccc1. The number of fused-ring (bicyclic) bond motifs is 1. The number of nitrogens with zero attached hydrogens (tertiary/aromatic N) is 2. The molecule has 1 atom stereocenters. The van der Waals surface area contributed by atoms with E-state index in [1.807, 2.05) is 55.6 Å². The van der Waals surface area contributed by atoms with Gasteiger partial charge in [-0.05, 0) is 30.9 Å². The Labute approximate surface area is 154 Å². The van der Waals surface area contributed by atoms with Crippen molar-refractivity contribution in [3.8, 4) is 0 Å². The number of aromatic nitrogens is 2. The number of hydrogen-bond donors (Lipinski definition) is 1. The predicted molar refractivity (Wildman–Crippen MR) is 103 cm³/mol. The normalized spacial score (nSPS) is 12.2. The molecule has 0 radical (unpaired) electrons. The second-order valence-corrected chi connectivity index (χ2v) is 7.78. The Balaban J connectivity index is 2.01. The van der Waals surface area contributed by atoms with Gasteiger partial charge in [0.05, 0.1) is 17.3 Å². The molecule has 0 unspecified atom stereocenters. The molecule has 0 aliphatic carbocycles. The van der Waals surface area contributed by atoms with Gasteiger partial charge >= 0.3 is 0 Å². The Hall–Kier alpha value is -2.12. The van der Waals surface area contributed by atoms with Gasteiger partial charge in [-0.25, -0.2) is 4.98 Å². The van der Waals surface area contributed by atoms with Crippen molar-refractivity contribution in [2.24, 2.45) is 0 Å². The van der Waals surface area contributed by atoms with Crippen LogP contribution in [-0.4, -0.2) is 27.3 Å². The first-order valence-electron chi connectivity index (χ1n) is 8.06. The maximum Gasteiger partial charge on any atom is 0.272 e. The fourth-order valence-electron chi connectivity index (χ4n) is 2.45. The quantitative estimate of drug-likeness (QED) is 0.533. The van der Waals surface area contributed by atoms with Crippen molar-refractivity contribution in [1.82, 2.24) is 14.9 Å². The lowest BCUT2D eigenvalue weighted by Crippen LogP contribution is -2.31. The van der Waals surface area contributed by atoms with Gasteiger partial charge in [0.15, 0.2) is 5.16 Å². The Kier molecular flexibility index (Phi) is 5.55. The minimum absolute atomic E-state index is 0.0570. The molecule has 0 fully saturated rings. The molecule has 2 heterocycles. The Morgan fingerprint density at radius 1 is 1.32 bits per heavy atom. The van der Waals surface area contributed by atoms with Gasteiger partial charge in [0, 0.05) is 6.54 Å². The third-order valence-corrected chi connectivity index (χ3v) is 5.70. The zero-order valence-corrected chi connectivity index (χ0v) is 15.7. The van der Waals surface area contributed by atoms with E-state index in [0.29, 0.717) is 28.5 Å².